The van der Waals surface area contributed by atoms with Gasteiger partial charge in [0.25, 0.3) is 0 Å². The van der Waals surface area contributed by atoms with E-state index in [2.05, 4.69) is 137 Å². The van der Waals surface area contributed by atoms with Gasteiger partial charge in [0.05, 0.1) is 11.4 Å². The Kier molecular flexibility index (Phi) is 6.15. The molecule has 2 nitrogen and oxygen atoms in total. The van der Waals surface area contributed by atoms with Gasteiger partial charge in [-0.2, -0.15) is 0 Å². The minimum Gasteiger partial charge on any atom is -0.310 e. The predicted molar refractivity (Wildman–Crippen MR) is 164 cm³/mol. The summed E-state index contributed by atoms with van der Waals surface area (Å²) in [5.41, 5.74) is 11.1. The maximum absolute atomic E-state index is 4.18. The molecule has 0 saturated heterocycles. The first kappa shape index (κ1) is 25.4. The van der Waals surface area contributed by atoms with Gasteiger partial charge in [0.2, 0.25) is 0 Å². The van der Waals surface area contributed by atoms with Gasteiger partial charge in [0.1, 0.15) is 0 Å². The van der Waals surface area contributed by atoms with Crippen molar-refractivity contribution < 1.29 is 0 Å². The van der Waals surface area contributed by atoms with Crippen molar-refractivity contribution in [3.63, 3.8) is 0 Å². The molecule has 0 aliphatic carbocycles. The number of para-hydroxylation sites is 2. The highest BCUT2D eigenvalue weighted by molar-refractivity contribution is 5.83. The number of benzene rings is 3. The molecule has 0 radical (unpaired) electrons. The molecule has 5 rings (SSSR count). The summed E-state index contributed by atoms with van der Waals surface area (Å²) in [5.74, 6) is 0. The van der Waals surface area contributed by atoms with Gasteiger partial charge < -0.3 is 9.80 Å². The van der Waals surface area contributed by atoms with Gasteiger partial charge in [-0.1, -0.05) is 103 Å². The monoisotopic (exact) mass is 496 g/mol. The highest BCUT2D eigenvalue weighted by Gasteiger charge is 2.38. The van der Waals surface area contributed by atoms with E-state index in [1.807, 2.05) is 24.3 Å². The number of fused-ring (bicyclic) bond motifs is 2. The topological polar surface area (TPSA) is 6.48 Å². The van der Waals surface area contributed by atoms with E-state index in [9.17, 15) is 0 Å². The van der Waals surface area contributed by atoms with Crippen molar-refractivity contribution in [2.75, 3.05) is 9.80 Å². The fraction of sp³-hybridized carbons (Fsp3) is 0.167. The zero-order valence-electron chi connectivity index (χ0n) is 23.0. The number of nitrogens with zero attached hydrogens (tertiary/aromatic N) is 2. The minimum atomic E-state index is -0.173. The molecule has 3 aromatic carbocycles. The maximum atomic E-state index is 4.18. The summed E-state index contributed by atoms with van der Waals surface area (Å²) in [6.45, 7) is 25.7. The van der Waals surface area contributed by atoms with E-state index in [1.165, 1.54) is 11.1 Å². The van der Waals surface area contributed by atoms with Crippen LogP contribution in [0.5, 0.6) is 0 Å². The van der Waals surface area contributed by atoms with Gasteiger partial charge in [-0.25, -0.2) is 0 Å². The SMILES string of the molecule is C=CC1=C(C=C)C(C)(C)c2ccccc2N1c1ccc(N2C(C=C)=C(C=C)C(C)(C)c3ccccc32)cc1. The molecule has 0 bridgehead atoms. The normalized spacial score (nSPS) is 17.5. The molecule has 38 heavy (non-hydrogen) atoms. The second-order valence-electron chi connectivity index (χ2n) is 10.9. The summed E-state index contributed by atoms with van der Waals surface area (Å²) in [7, 11) is 0. The van der Waals surface area contributed by atoms with Crippen molar-refractivity contribution in [3.8, 4) is 0 Å². The van der Waals surface area contributed by atoms with Gasteiger partial charge in [0, 0.05) is 33.6 Å². The third-order valence-electron chi connectivity index (χ3n) is 8.18. The van der Waals surface area contributed by atoms with Crippen LogP contribution >= 0.6 is 0 Å². The molecule has 190 valence electrons. The van der Waals surface area contributed by atoms with E-state index in [1.54, 1.807) is 0 Å². The first-order chi connectivity index (χ1) is 18.2. The molecule has 0 amide bonds. The standard InChI is InChI=1S/C36H36N2/c1-9-27-31(11-3)37(33-19-15-13-17-29(33)35(27,5)6)25-21-23-26(24-22-25)38-32(12-4)28(10-2)36(7,8)30-18-14-16-20-34(30)38/h9-24H,1-4H2,5-8H3. The van der Waals surface area contributed by atoms with Crippen LogP contribution in [0.25, 0.3) is 0 Å². The van der Waals surface area contributed by atoms with Crippen LogP contribution in [-0.4, -0.2) is 0 Å². The van der Waals surface area contributed by atoms with Gasteiger partial charge in [-0.15, -0.1) is 0 Å². The Bertz CT molecular complexity index is 1410. The van der Waals surface area contributed by atoms with Gasteiger partial charge >= 0.3 is 0 Å². The van der Waals surface area contributed by atoms with Crippen LogP contribution in [0.2, 0.25) is 0 Å². The lowest BCUT2D eigenvalue weighted by molar-refractivity contribution is 0.621. The fourth-order valence-electron chi connectivity index (χ4n) is 6.25. The average Bonchev–Trinajstić information content (AvgIpc) is 2.92. The van der Waals surface area contributed by atoms with E-state index < -0.39 is 0 Å². The average molecular weight is 497 g/mol. The molecule has 0 fully saturated rings. The van der Waals surface area contributed by atoms with E-state index in [0.717, 1.165) is 45.3 Å². The molecule has 0 unspecified atom stereocenters. The first-order valence-electron chi connectivity index (χ1n) is 13.1. The number of hydrogen-bond acceptors (Lipinski definition) is 2. The Hall–Kier alpha value is -4.30. The van der Waals surface area contributed by atoms with E-state index in [0.29, 0.717) is 0 Å². The van der Waals surface area contributed by atoms with Crippen molar-refractivity contribution >= 4 is 22.7 Å². The van der Waals surface area contributed by atoms with Gasteiger partial charge in [0.15, 0.2) is 0 Å². The van der Waals surface area contributed by atoms with Crippen molar-refractivity contribution in [2.45, 2.75) is 38.5 Å². The Morgan fingerprint density at radius 2 is 0.842 bits per heavy atom. The minimum absolute atomic E-state index is 0.173. The summed E-state index contributed by atoms with van der Waals surface area (Å²) < 4.78 is 0. The van der Waals surface area contributed by atoms with Crippen LogP contribution in [-0.2, 0) is 10.8 Å². The van der Waals surface area contributed by atoms with Crippen molar-refractivity contribution in [2.24, 2.45) is 0 Å². The number of anilines is 4. The number of rotatable bonds is 6. The highest BCUT2D eigenvalue weighted by atomic mass is 15.2. The molecule has 2 aliphatic rings. The third kappa shape index (κ3) is 3.55. The van der Waals surface area contributed by atoms with Crippen LogP contribution < -0.4 is 9.80 Å². The third-order valence-corrected chi connectivity index (χ3v) is 8.18. The smallest absolute Gasteiger partial charge is 0.0502 e. The second-order valence-corrected chi connectivity index (χ2v) is 10.9. The van der Waals surface area contributed by atoms with E-state index in [4.69, 9.17) is 0 Å². The molecule has 2 heteroatoms. The second kappa shape index (κ2) is 9.22. The molecule has 2 aliphatic heterocycles. The van der Waals surface area contributed by atoms with Crippen LogP contribution in [0.4, 0.5) is 22.7 Å². The van der Waals surface area contributed by atoms with E-state index in [-0.39, 0.29) is 10.8 Å². The summed E-state index contributed by atoms with van der Waals surface area (Å²) in [6.07, 6.45) is 7.83. The number of allylic oxidation sites excluding steroid dienone is 6. The summed E-state index contributed by atoms with van der Waals surface area (Å²) in [4.78, 5) is 4.59. The lowest BCUT2D eigenvalue weighted by Crippen LogP contribution is -2.33. The summed E-state index contributed by atoms with van der Waals surface area (Å²) >= 11 is 0. The molecule has 0 atom stereocenters. The molecular formula is C36H36N2. The van der Waals surface area contributed by atoms with Gasteiger partial charge in [-0.05, 0) is 70.8 Å². The first-order valence-corrected chi connectivity index (χ1v) is 13.1. The largest absolute Gasteiger partial charge is 0.310 e. The zero-order chi connectivity index (χ0) is 27.2. The molecule has 0 aromatic heterocycles. The summed E-state index contributed by atoms with van der Waals surface area (Å²) in [6, 6.07) is 26.0. The van der Waals surface area contributed by atoms with E-state index >= 15 is 0 Å². The summed E-state index contributed by atoms with van der Waals surface area (Å²) in [5, 5.41) is 0. The molecule has 3 aromatic rings. The zero-order valence-corrected chi connectivity index (χ0v) is 23.0. The van der Waals surface area contributed by atoms with Crippen LogP contribution in [0.1, 0.15) is 38.8 Å². The highest BCUT2D eigenvalue weighted by Crippen LogP contribution is 2.51. The van der Waals surface area contributed by atoms with Crippen molar-refractivity contribution in [1.82, 2.24) is 0 Å². The predicted octanol–water partition coefficient (Wildman–Crippen LogP) is 9.80. The fourth-order valence-corrected chi connectivity index (χ4v) is 6.25. The van der Waals surface area contributed by atoms with Crippen LogP contribution in [0.15, 0.2) is 146 Å². The molecule has 0 spiro atoms. The lowest BCUT2D eigenvalue weighted by atomic mass is 9.73. The van der Waals surface area contributed by atoms with Crippen LogP contribution in [0.3, 0.4) is 0 Å². The number of hydrogen-bond donors (Lipinski definition) is 0. The Labute approximate surface area is 227 Å². The molecule has 0 saturated carbocycles. The molecule has 0 N–H and O–H groups in total. The van der Waals surface area contributed by atoms with Crippen molar-refractivity contribution in [1.29, 1.82) is 0 Å². The Morgan fingerprint density at radius 1 is 0.500 bits per heavy atom. The Morgan fingerprint density at radius 3 is 1.16 bits per heavy atom. The quantitative estimate of drug-likeness (QED) is 0.335. The molecular weight excluding hydrogens is 460 g/mol. The van der Waals surface area contributed by atoms with Crippen LogP contribution in [0, 0.1) is 0 Å². The van der Waals surface area contributed by atoms with Crippen molar-refractivity contribution in [3.05, 3.63) is 157 Å². The Balaban J connectivity index is 1.68. The maximum Gasteiger partial charge on any atom is 0.0502 e. The molecule has 2 heterocycles. The lowest BCUT2D eigenvalue weighted by Gasteiger charge is -2.43. The van der Waals surface area contributed by atoms with Gasteiger partial charge in [-0.3, -0.25) is 0 Å².